The zero-order valence-electron chi connectivity index (χ0n) is 28.0. The second-order valence-electron chi connectivity index (χ2n) is 12.7. The summed E-state index contributed by atoms with van der Waals surface area (Å²) in [6.45, 7) is 1.93. The molecule has 55 heavy (non-hydrogen) atoms. The highest BCUT2D eigenvalue weighted by Crippen LogP contribution is 2.41. The quantitative estimate of drug-likeness (QED) is 0.0892. The fourth-order valence-corrected chi connectivity index (χ4v) is 8.22. The van der Waals surface area contributed by atoms with E-state index >= 15 is 4.39 Å². The van der Waals surface area contributed by atoms with Gasteiger partial charge < -0.3 is 35.8 Å². The van der Waals surface area contributed by atoms with Crippen LogP contribution in [0.15, 0.2) is 39.8 Å². The van der Waals surface area contributed by atoms with E-state index in [1.54, 1.807) is 10.6 Å². The first-order valence-electron chi connectivity index (χ1n) is 16.2. The third-order valence-electron chi connectivity index (χ3n) is 9.14. The summed E-state index contributed by atoms with van der Waals surface area (Å²) in [7, 11) is 0. The number of hydrogen-bond donors (Lipinski definition) is 5. The van der Waals surface area contributed by atoms with Crippen molar-refractivity contribution in [2.24, 2.45) is 0 Å². The molecule has 5 heterocycles. The number of alkyl halides is 3. The fourth-order valence-electron chi connectivity index (χ4n) is 6.34. The number of carboxylic acid groups (broad SMARTS) is 3. The van der Waals surface area contributed by atoms with Crippen molar-refractivity contribution in [1.82, 2.24) is 24.7 Å². The van der Waals surface area contributed by atoms with Gasteiger partial charge in [0.05, 0.1) is 11.2 Å². The molecule has 2 aromatic heterocycles. The number of β-lactam (4-membered cyclic amide) rings is 1. The van der Waals surface area contributed by atoms with Crippen LogP contribution < -0.4 is 21.4 Å². The summed E-state index contributed by atoms with van der Waals surface area (Å²) in [5.41, 5.74) is 5.38. The zero-order chi connectivity index (χ0) is 40.1. The number of aromatic carboxylic acids is 1. The van der Waals surface area contributed by atoms with Gasteiger partial charge in [-0.05, 0) is 30.5 Å². The Morgan fingerprint density at radius 2 is 1.65 bits per heavy atom. The van der Waals surface area contributed by atoms with Crippen LogP contribution >= 0.6 is 23.1 Å². The number of piperazine rings is 1. The van der Waals surface area contributed by atoms with Crippen molar-refractivity contribution in [3.8, 4) is 0 Å². The largest absolute Gasteiger partial charge is 0.490 e. The summed E-state index contributed by atoms with van der Waals surface area (Å²) in [4.78, 5) is 92.5. The highest BCUT2D eigenvalue weighted by molar-refractivity contribution is 8.00. The molecule has 3 aromatic rings. The van der Waals surface area contributed by atoms with Crippen molar-refractivity contribution < 1.29 is 61.6 Å². The summed E-state index contributed by atoms with van der Waals surface area (Å²) in [6, 6.07) is 1.67. The lowest BCUT2D eigenvalue weighted by Gasteiger charge is -2.49. The van der Waals surface area contributed by atoms with Crippen LogP contribution in [-0.2, 0) is 19.2 Å². The topological polar surface area (TPSA) is 246 Å². The minimum Gasteiger partial charge on any atom is -0.477 e. The minimum absolute atomic E-state index is 0.0153. The maximum atomic E-state index is 15.4. The SMILES string of the molecule is Nc1nc(C(=O)C(=O)N[C@H]2C(=O)N3C(C(=O)O)=C(CN4CCN(c5cc6c(cc5F)c(=O)c(C(=O)O)cn6C5CC5)CC4)CS[C@@H]23)cs1.O=C(O)C(F)(F)F. The number of thioether (sulfide) groups is 1. The number of Topliss-reactive ketones (excluding diaryl/α,β-unsaturated/α-hetero) is 1. The number of aromatic nitrogens is 2. The Morgan fingerprint density at radius 1 is 1.00 bits per heavy atom. The number of halogens is 4. The molecule has 292 valence electrons. The molecule has 1 aliphatic carbocycles. The predicted molar refractivity (Wildman–Crippen MR) is 186 cm³/mol. The van der Waals surface area contributed by atoms with Crippen molar-refractivity contribution in [3.05, 3.63) is 62.3 Å². The van der Waals surface area contributed by atoms with Crippen LogP contribution in [0, 0.1) is 5.82 Å². The highest BCUT2D eigenvalue weighted by Gasteiger charge is 2.54. The summed E-state index contributed by atoms with van der Waals surface area (Å²) in [5, 5.41) is 29.9. The van der Waals surface area contributed by atoms with Crippen molar-refractivity contribution in [1.29, 1.82) is 0 Å². The van der Waals surface area contributed by atoms with E-state index in [2.05, 4.69) is 10.3 Å². The van der Waals surface area contributed by atoms with Crippen LogP contribution in [-0.4, -0.2) is 126 Å². The smallest absolute Gasteiger partial charge is 0.477 e. The monoisotopic (exact) mass is 811 g/mol. The number of benzene rings is 1. The first-order valence-corrected chi connectivity index (χ1v) is 18.2. The first-order chi connectivity index (χ1) is 25.9. The summed E-state index contributed by atoms with van der Waals surface area (Å²) >= 11 is 2.28. The predicted octanol–water partition coefficient (Wildman–Crippen LogP) is 1.59. The first kappa shape index (κ1) is 39.2. The Labute approximate surface area is 314 Å². The molecule has 0 bridgehead atoms. The van der Waals surface area contributed by atoms with Gasteiger partial charge in [-0.25, -0.2) is 23.8 Å². The number of amides is 2. The number of nitrogens with zero attached hydrogens (tertiary/aromatic N) is 5. The van der Waals surface area contributed by atoms with Gasteiger partial charge in [0.1, 0.15) is 34.2 Å². The molecule has 2 amide bonds. The number of nitrogen functional groups attached to an aromatic ring is 1. The Morgan fingerprint density at radius 3 is 2.20 bits per heavy atom. The lowest BCUT2D eigenvalue weighted by atomic mass is 10.0. The molecule has 7 rings (SSSR count). The maximum absolute atomic E-state index is 15.4. The molecule has 3 fully saturated rings. The standard InChI is InChI=1S/C30H28FN7O8S2.C2HF3O2/c31-17-7-15-19(37(14-1-2-14)10-16(23(15)39)28(43)44)8-20(17)36-5-3-35(4-6-36)9-13-11-47-27-21(26(42)38(27)22(13)29(45)46)34-25(41)24(40)18-12-48-30(32)33-18;3-2(4,5)1(6)7/h7-8,10,12,14,21,27H,1-6,9,11H2,(H2,32,33)(H,34,41)(H,43,44)(H,45,46);(H,6,7)/t21-,27-;/m0./s1. The van der Waals surface area contributed by atoms with Gasteiger partial charge in [-0.3, -0.25) is 29.0 Å². The number of hydrogen-bond acceptors (Lipinski definition) is 13. The molecule has 0 spiro atoms. The van der Waals surface area contributed by atoms with E-state index in [4.69, 9.17) is 15.6 Å². The van der Waals surface area contributed by atoms with E-state index in [0.29, 0.717) is 37.3 Å². The van der Waals surface area contributed by atoms with Crippen molar-refractivity contribution >= 4 is 80.3 Å². The second kappa shape index (κ2) is 14.9. The summed E-state index contributed by atoms with van der Waals surface area (Å²) in [5.74, 6) is -8.39. The minimum atomic E-state index is -5.08. The Balaban J connectivity index is 0.000000672. The maximum Gasteiger partial charge on any atom is 0.490 e. The molecule has 1 saturated carbocycles. The van der Waals surface area contributed by atoms with E-state index in [1.165, 1.54) is 23.3 Å². The molecule has 0 radical (unpaired) electrons. The van der Waals surface area contributed by atoms with Gasteiger partial charge in [0.2, 0.25) is 5.43 Å². The molecular formula is C32H29F4N7O10S2. The van der Waals surface area contributed by atoms with Gasteiger partial charge in [0.25, 0.3) is 17.6 Å². The normalized spacial score (nSPS) is 20.0. The van der Waals surface area contributed by atoms with Crippen molar-refractivity contribution in [2.75, 3.05) is 49.1 Å². The number of carbonyl (C=O) groups is 6. The third kappa shape index (κ3) is 7.84. The number of ketones is 1. The van der Waals surface area contributed by atoms with Crippen molar-refractivity contribution in [3.63, 3.8) is 0 Å². The van der Waals surface area contributed by atoms with Gasteiger partial charge in [0.15, 0.2) is 5.13 Å². The fraction of sp³-hybridized carbons (Fsp3) is 0.375. The lowest BCUT2D eigenvalue weighted by molar-refractivity contribution is -0.192. The number of fused-ring (bicyclic) bond motifs is 2. The number of thiazole rings is 1. The van der Waals surface area contributed by atoms with Crippen molar-refractivity contribution in [2.45, 2.75) is 36.5 Å². The van der Waals surface area contributed by atoms with Crippen LogP contribution in [0.1, 0.15) is 39.7 Å². The summed E-state index contributed by atoms with van der Waals surface area (Å²) < 4.78 is 48.9. The Hall–Kier alpha value is -5.55. The number of nitrogens with two attached hydrogens (primary N) is 1. The third-order valence-corrected chi connectivity index (χ3v) is 11.2. The molecule has 23 heteroatoms. The Kier molecular flexibility index (Phi) is 10.6. The second-order valence-corrected chi connectivity index (χ2v) is 14.7. The highest BCUT2D eigenvalue weighted by atomic mass is 32.2. The number of rotatable bonds is 9. The molecule has 6 N–H and O–H groups in total. The summed E-state index contributed by atoms with van der Waals surface area (Å²) in [6.07, 6.45) is -2.09. The molecular weight excluding hydrogens is 783 g/mol. The molecule has 3 aliphatic heterocycles. The van der Waals surface area contributed by atoms with E-state index in [9.17, 15) is 52.2 Å². The van der Waals surface area contributed by atoms with Crippen LogP contribution in [0.2, 0.25) is 0 Å². The molecule has 0 unspecified atom stereocenters. The van der Waals surface area contributed by atoms with E-state index in [1.807, 2.05) is 9.80 Å². The average Bonchev–Trinajstić information content (AvgIpc) is 3.88. The molecule has 1 aromatic carbocycles. The van der Waals surface area contributed by atoms with Gasteiger partial charge >= 0.3 is 24.1 Å². The number of pyridine rings is 1. The molecule has 4 aliphatic rings. The molecule has 2 saturated heterocycles. The number of carbonyl (C=O) groups excluding carboxylic acids is 3. The lowest BCUT2D eigenvalue weighted by Crippen LogP contribution is -2.71. The number of aliphatic carboxylic acids is 2. The average molecular weight is 812 g/mol. The van der Waals surface area contributed by atoms with E-state index in [-0.39, 0.29) is 45.9 Å². The van der Waals surface area contributed by atoms with Crippen LogP contribution in [0.5, 0.6) is 0 Å². The number of anilines is 2. The van der Waals surface area contributed by atoms with Gasteiger partial charge in [0, 0.05) is 61.5 Å². The zero-order valence-corrected chi connectivity index (χ0v) is 29.7. The molecule has 2 atom stereocenters. The molecule has 17 nitrogen and oxygen atoms in total. The number of nitrogens with one attached hydrogen (secondary N) is 1. The van der Waals surface area contributed by atoms with Crippen LogP contribution in [0.4, 0.5) is 28.4 Å². The van der Waals surface area contributed by atoms with E-state index < -0.39 is 69.9 Å². The van der Waals surface area contributed by atoms with E-state index in [0.717, 1.165) is 35.1 Å². The van der Waals surface area contributed by atoms with Crippen LogP contribution in [0.25, 0.3) is 10.9 Å². The van der Waals surface area contributed by atoms with Crippen LogP contribution in [0.3, 0.4) is 0 Å². The van der Waals surface area contributed by atoms with Gasteiger partial charge in [-0.1, -0.05) is 0 Å². The van der Waals surface area contributed by atoms with Gasteiger partial charge in [-0.15, -0.1) is 23.1 Å². The Bertz CT molecular complexity index is 2230. The number of carboxylic acids is 3. The van der Waals surface area contributed by atoms with Gasteiger partial charge in [-0.2, -0.15) is 13.2 Å².